The molecule has 0 heterocycles. The first-order valence-electron chi connectivity index (χ1n) is 6.08. The molecule has 18 heavy (non-hydrogen) atoms. The summed E-state index contributed by atoms with van der Waals surface area (Å²) < 4.78 is 10.9. The van der Waals surface area contributed by atoms with Crippen LogP contribution in [0.2, 0.25) is 0 Å². The molecule has 3 fully saturated rings. The molecule has 0 spiro atoms. The van der Waals surface area contributed by atoms with Crippen LogP contribution < -0.4 is 9.47 Å². The molecule has 0 radical (unpaired) electrons. The summed E-state index contributed by atoms with van der Waals surface area (Å²) in [7, 11) is 1.62. The molecule has 4 rings (SSSR count). The van der Waals surface area contributed by atoms with Crippen LogP contribution in [0.1, 0.15) is 19.3 Å². The summed E-state index contributed by atoms with van der Waals surface area (Å²) in [5.74, 6) is 0.904. The average molecular weight is 248 g/mol. The third kappa shape index (κ3) is 1.55. The van der Waals surface area contributed by atoms with Gasteiger partial charge in [0.1, 0.15) is 11.5 Å². The van der Waals surface area contributed by atoms with Gasteiger partial charge in [-0.3, -0.25) is 4.79 Å². The fourth-order valence-corrected chi connectivity index (χ4v) is 3.31. The van der Waals surface area contributed by atoms with E-state index in [9.17, 15) is 4.79 Å². The Balaban J connectivity index is 1.56. The van der Waals surface area contributed by atoms with E-state index in [1.165, 1.54) is 0 Å². The third-order valence-electron chi connectivity index (χ3n) is 4.18. The normalized spacial score (nSPS) is 32.1. The van der Waals surface area contributed by atoms with Crippen molar-refractivity contribution in [3.8, 4) is 11.5 Å². The summed E-state index contributed by atoms with van der Waals surface area (Å²) in [6.07, 6.45) is 2.29. The molecule has 1 N–H and O–H groups in total. The molecule has 0 aromatic heterocycles. The highest BCUT2D eigenvalue weighted by Crippen LogP contribution is 2.73. The molecule has 3 aliphatic carbocycles. The molecule has 3 saturated carbocycles. The number of carboxylic acids is 1. The Kier molecular flexibility index (Phi) is 2.30. The monoisotopic (exact) mass is 248 g/mol. The van der Waals surface area contributed by atoms with Crippen LogP contribution >= 0.6 is 0 Å². The Morgan fingerprint density at radius 3 is 2.61 bits per heavy atom. The number of carbonyl (C=O) groups is 1. The van der Waals surface area contributed by atoms with E-state index >= 15 is 0 Å². The second kappa shape index (κ2) is 3.64. The molecule has 0 aliphatic heterocycles. The van der Waals surface area contributed by atoms with Crippen LogP contribution in [-0.2, 0) is 4.79 Å². The minimum absolute atomic E-state index is 0.113. The highest BCUT2D eigenvalue weighted by Gasteiger charge is 2.72. The lowest BCUT2D eigenvalue weighted by Gasteiger charge is -2.67. The molecule has 0 amide bonds. The number of methoxy groups -OCH3 is 1. The molecule has 4 nitrogen and oxygen atoms in total. The van der Waals surface area contributed by atoms with Crippen LogP contribution in [0.25, 0.3) is 0 Å². The number of rotatable bonds is 5. The van der Waals surface area contributed by atoms with Crippen LogP contribution in [0.5, 0.6) is 11.5 Å². The number of hydrogen-bond donors (Lipinski definition) is 1. The second-order valence-corrected chi connectivity index (χ2v) is 5.58. The minimum Gasteiger partial charge on any atom is -0.497 e. The van der Waals surface area contributed by atoms with E-state index in [0.717, 1.165) is 30.8 Å². The molecule has 1 aromatic carbocycles. The van der Waals surface area contributed by atoms with Crippen molar-refractivity contribution in [3.63, 3.8) is 0 Å². The van der Waals surface area contributed by atoms with Crippen LogP contribution in [-0.4, -0.2) is 24.8 Å². The molecule has 0 atom stereocenters. The molecular weight excluding hydrogens is 232 g/mol. The van der Waals surface area contributed by atoms with E-state index < -0.39 is 11.4 Å². The van der Waals surface area contributed by atoms with Crippen molar-refractivity contribution in [2.24, 2.45) is 10.8 Å². The van der Waals surface area contributed by atoms with Gasteiger partial charge in [0.05, 0.1) is 19.1 Å². The summed E-state index contributed by atoms with van der Waals surface area (Å²) in [6.45, 7) is 0.606. The predicted molar refractivity (Wildman–Crippen MR) is 64.8 cm³/mol. The molecule has 96 valence electrons. The number of aliphatic carboxylic acids is 1. The fourth-order valence-electron chi connectivity index (χ4n) is 3.31. The maximum Gasteiger partial charge on any atom is 0.309 e. The van der Waals surface area contributed by atoms with E-state index in [2.05, 4.69) is 0 Å². The summed E-state index contributed by atoms with van der Waals surface area (Å²) in [5.41, 5.74) is -0.306. The van der Waals surface area contributed by atoms with Gasteiger partial charge in [-0.2, -0.15) is 0 Å². The standard InChI is InChI=1S/C14H16O4/c1-17-10-3-2-4-11(5-10)18-9-13-6-14(7-13,8-13)12(15)16/h2-5H,6-9H2,1H3,(H,15,16). The number of carboxylic acid groups (broad SMARTS) is 1. The SMILES string of the molecule is COc1cccc(OCC23CC(C(=O)O)(C2)C3)c1. The highest BCUT2D eigenvalue weighted by molar-refractivity contribution is 5.79. The van der Waals surface area contributed by atoms with Crippen molar-refractivity contribution in [1.29, 1.82) is 0 Å². The summed E-state index contributed by atoms with van der Waals surface area (Å²) in [6, 6.07) is 7.49. The first-order chi connectivity index (χ1) is 8.57. The van der Waals surface area contributed by atoms with Gasteiger partial charge in [0.15, 0.2) is 0 Å². The van der Waals surface area contributed by atoms with E-state index in [4.69, 9.17) is 14.6 Å². The first kappa shape index (κ1) is 11.4. The Hall–Kier alpha value is -1.71. The highest BCUT2D eigenvalue weighted by atomic mass is 16.5. The van der Waals surface area contributed by atoms with Crippen molar-refractivity contribution in [2.75, 3.05) is 13.7 Å². The van der Waals surface area contributed by atoms with Gasteiger partial charge < -0.3 is 14.6 Å². The van der Waals surface area contributed by atoms with Gasteiger partial charge in [-0.15, -0.1) is 0 Å². The predicted octanol–water partition coefficient (Wildman–Crippen LogP) is 2.33. The van der Waals surface area contributed by atoms with Crippen molar-refractivity contribution in [2.45, 2.75) is 19.3 Å². The summed E-state index contributed by atoms with van der Waals surface area (Å²) in [4.78, 5) is 11.0. The zero-order valence-electron chi connectivity index (χ0n) is 10.3. The quantitative estimate of drug-likeness (QED) is 0.868. The number of hydrogen-bond acceptors (Lipinski definition) is 3. The zero-order chi connectivity index (χ0) is 12.8. The third-order valence-corrected chi connectivity index (χ3v) is 4.18. The van der Waals surface area contributed by atoms with Crippen molar-refractivity contribution >= 4 is 5.97 Å². The lowest BCUT2D eigenvalue weighted by Crippen LogP contribution is -2.67. The maximum absolute atomic E-state index is 11.0. The summed E-state index contributed by atoms with van der Waals surface area (Å²) >= 11 is 0. The van der Waals surface area contributed by atoms with E-state index in [0.29, 0.717) is 6.61 Å². The molecule has 0 saturated heterocycles. The van der Waals surface area contributed by atoms with Gasteiger partial charge in [0.2, 0.25) is 0 Å². The molecular formula is C14H16O4. The zero-order valence-corrected chi connectivity index (χ0v) is 10.3. The molecule has 4 heteroatoms. The Morgan fingerprint density at radius 2 is 2.00 bits per heavy atom. The van der Waals surface area contributed by atoms with E-state index in [1.807, 2.05) is 24.3 Å². The second-order valence-electron chi connectivity index (χ2n) is 5.58. The van der Waals surface area contributed by atoms with Crippen molar-refractivity contribution < 1.29 is 19.4 Å². The molecule has 2 bridgehead atoms. The van der Waals surface area contributed by atoms with Crippen molar-refractivity contribution in [1.82, 2.24) is 0 Å². The Bertz CT molecular complexity index is 475. The fraction of sp³-hybridized carbons (Fsp3) is 0.500. The Labute approximate surface area is 106 Å². The topological polar surface area (TPSA) is 55.8 Å². The van der Waals surface area contributed by atoms with Crippen LogP contribution in [0.3, 0.4) is 0 Å². The first-order valence-corrected chi connectivity index (χ1v) is 6.08. The van der Waals surface area contributed by atoms with Gasteiger partial charge in [-0.05, 0) is 31.4 Å². The van der Waals surface area contributed by atoms with Gasteiger partial charge in [-0.1, -0.05) is 6.07 Å². The van der Waals surface area contributed by atoms with Gasteiger partial charge in [0, 0.05) is 11.5 Å². The van der Waals surface area contributed by atoms with Gasteiger partial charge in [-0.25, -0.2) is 0 Å². The van der Waals surface area contributed by atoms with Crippen molar-refractivity contribution in [3.05, 3.63) is 24.3 Å². The van der Waals surface area contributed by atoms with Crippen LogP contribution in [0, 0.1) is 10.8 Å². The summed E-state index contributed by atoms with van der Waals surface area (Å²) in [5, 5.41) is 9.04. The number of ether oxygens (including phenoxy) is 2. The smallest absolute Gasteiger partial charge is 0.309 e. The lowest BCUT2D eigenvalue weighted by atomic mass is 9.35. The maximum atomic E-state index is 11.0. The molecule has 0 unspecified atom stereocenters. The van der Waals surface area contributed by atoms with Crippen LogP contribution in [0.15, 0.2) is 24.3 Å². The van der Waals surface area contributed by atoms with E-state index in [-0.39, 0.29) is 5.41 Å². The van der Waals surface area contributed by atoms with Crippen LogP contribution in [0.4, 0.5) is 0 Å². The minimum atomic E-state index is -0.647. The van der Waals surface area contributed by atoms with E-state index in [1.54, 1.807) is 7.11 Å². The lowest BCUT2D eigenvalue weighted by molar-refractivity contribution is -0.231. The van der Waals surface area contributed by atoms with Gasteiger partial charge in [0.25, 0.3) is 0 Å². The van der Waals surface area contributed by atoms with Gasteiger partial charge >= 0.3 is 5.97 Å². The molecule has 1 aromatic rings. The molecule has 3 aliphatic rings. The average Bonchev–Trinajstić information content (AvgIpc) is 2.25. The number of benzene rings is 1. The largest absolute Gasteiger partial charge is 0.497 e. The Morgan fingerprint density at radius 1 is 1.33 bits per heavy atom.